The van der Waals surface area contributed by atoms with Crippen LogP contribution < -0.4 is 9.64 Å². The maximum absolute atomic E-state index is 5.56. The Kier molecular flexibility index (Phi) is 8.26. The van der Waals surface area contributed by atoms with Gasteiger partial charge >= 0.3 is 0 Å². The first-order valence-electron chi connectivity index (χ1n) is 10.7. The third kappa shape index (κ3) is 5.35. The number of methoxy groups -OCH3 is 1. The Bertz CT molecular complexity index is 927. The van der Waals surface area contributed by atoms with Crippen LogP contribution in [0.25, 0.3) is 0 Å². The number of tetrazole rings is 1. The van der Waals surface area contributed by atoms with Crippen LogP contribution in [0.2, 0.25) is 0 Å². The molecule has 31 heavy (non-hydrogen) atoms. The zero-order valence-corrected chi connectivity index (χ0v) is 19.0. The largest absolute Gasteiger partial charge is 0.495 e. The van der Waals surface area contributed by atoms with E-state index >= 15 is 0 Å². The molecular formula is C23H31ClN6O. The standard InChI is InChI=1S/C23H30N6O.ClH/c1-3-9-21(23-24-25-26-29(23)18-19-10-5-4-6-11-19)28-16-14-27(15-17-28)20-12-7-8-13-22(20)30-2;/h4-8,10-13,21H,3,9,14-18H2,1-2H3;1H. The lowest BCUT2D eigenvalue weighted by Gasteiger charge is -2.40. The van der Waals surface area contributed by atoms with Crippen LogP contribution in [0, 0.1) is 0 Å². The topological polar surface area (TPSA) is 59.3 Å². The summed E-state index contributed by atoms with van der Waals surface area (Å²) in [4.78, 5) is 4.94. The van der Waals surface area contributed by atoms with E-state index in [1.54, 1.807) is 7.11 Å². The Morgan fingerprint density at radius 2 is 1.68 bits per heavy atom. The molecule has 1 fully saturated rings. The average Bonchev–Trinajstić information content (AvgIpc) is 3.26. The molecule has 1 unspecified atom stereocenters. The molecule has 3 aromatic rings. The number of halogens is 1. The van der Waals surface area contributed by atoms with Crippen LogP contribution in [0.4, 0.5) is 5.69 Å². The second kappa shape index (κ2) is 11.1. The first-order valence-corrected chi connectivity index (χ1v) is 10.7. The molecule has 1 aliphatic heterocycles. The number of rotatable bonds is 8. The number of para-hydroxylation sites is 2. The molecule has 0 amide bonds. The highest BCUT2D eigenvalue weighted by Crippen LogP contribution is 2.31. The van der Waals surface area contributed by atoms with Crippen molar-refractivity contribution in [2.45, 2.75) is 32.4 Å². The number of benzene rings is 2. The average molecular weight is 443 g/mol. The summed E-state index contributed by atoms with van der Waals surface area (Å²) in [6, 6.07) is 18.9. The number of aromatic nitrogens is 4. The summed E-state index contributed by atoms with van der Waals surface area (Å²) in [5.74, 6) is 1.90. The number of piperazine rings is 1. The first kappa shape index (κ1) is 23.0. The Balaban J connectivity index is 0.00000272. The van der Waals surface area contributed by atoms with Crippen LogP contribution in [-0.4, -0.2) is 58.4 Å². The van der Waals surface area contributed by atoms with Crippen LogP contribution >= 0.6 is 12.4 Å². The SMILES string of the molecule is CCCC(c1nnnn1Cc1ccccc1)N1CCN(c2ccccc2OC)CC1.Cl. The van der Waals surface area contributed by atoms with E-state index in [4.69, 9.17) is 4.74 Å². The van der Waals surface area contributed by atoms with E-state index in [0.29, 0.717) is 6.54 Å². The van der Waals surface area contributed by atoms with Crippen LogP contribution in [-0.2, 0) is 6.54 Å². The molecule has 0 N–H and O–H groups in total. The molecule has 0 spiro atoms. The fraction of sp³-hybridized carbons (Fsp3) is 0.435. The van der Waals surface area contributed by atoms with Crippen molar-refractivity contribution in [1.29, 1.82) is 0 Å². The van der Waals surface area contributed by atoms with Gasteiger partial charge in [-0.15, -0.1) is 17.5 Å². The van der Waals surface area contributed by atoms with E-state index in [9.17, 15) is 0 Å². The number of ether oxygens (including phenoxy) is 1. The van der Waals surface area contributed by atoms with Gasteiger partial charge in [0.1, 0.15) is 5.75 Å². The third-order valence-corrected chi connectivity index (χ3v) is 5.78. The van der Waals surface area contributed by atoms with Crippen LogP contribution in [0.15, 0.2) is 54.6 Å². The van der Waals surface area contributed by atoms with Crippen molar-refractivity contribution in [1.82, 2.24) is 25.1 Å². The van der Waals surface area contributed by atoms with Gasteiger partial charge in [-0.05, 0) is 34.5 Å². The van der Waals surface area contributed by atoms with E-state index < -0.39 is 0 Å². The molecule has 1 aliphatic rings. The van der Waals surface area contributed by atoms with Crippen LogP contribution in [0.3, 0.4) is 0 Å². The lowest BCUT2D eigenvalue weighted by molar-refractivity contribution is 0.164. The molecule has 0 radical (unpaired) electrons. The number of hydrogen-bond donors (Lipinski definition) is 0. The summed E-state index contributed by atoms with van der Waals surface area (Å²) in [6.07, 6.45) is 2.14. The minimum absolute atomic E-state index is 0. The second-order valence-corrected chi connectivity index (χ2v) is 7.68. The summed E-state index contributed by atoms with van der Waals surface area (Å²) < 4.78 is 7.52. The van der Waals surface area contributed by atoms with Crippen molar-refractivity contribution >= 4 is 18.1 Å². The van der Waals surface area contributed by atoms with E-state index in [2.05, 4.69) is 68.6 Å². The van der Waals surface area contributed by atoms with E-state index in [-0.39, 0.29) is 18.4 Å². The highest BCUT2D eigenvalue weighted by molar-refractivity contribution is 5.85. The third-order valence-electron chi connectivity index (χ3n) is 5.78. The molecule has 2 heterocycles. The van der Waals surface area contributed by atoms with Crippen LogP contribution in [0.5, 0.6) is 5.75 Å². The predicted octanol–water partition coefficient (Wildman–Crippen LogP) is 3.82. The monoisotopic (exact) mass is 442 g/mol. The summed E-state index contributed by atoms with van der Waals surface area (Å²) in [5.41, 5.74) is 2.38. The number of hydrogen-bond acceptors (Lipinski definition) is 6. The molecule has 0 saturated carbocycles. The maximum Gasteiger partial charge on any atom is 0.168 e. The Hall–Kier alpha value is -2.64. The quantitative estimate of drug-likeness (QED) is 0.528. The van der Waals surface area contributed by atoms with Gasteiger partial charge in [0, 0.05) is 26.2 Å². The van der Waals surface area contributed by atoms with Gasteiger partial charge in [-0.2, -0.15) is 0 Å². The van der Waals surface area contributed by atoms with Gasteiger partial charge in [-0.3, -0.25) is 4.90 Å². The van der Waals surface area contributed by atoms with Gasteiger partial charge in [-0.25, -0.2) is 4.68 Å². The molecule has 1 saturated heterocycles. The number of nitrogens with zero attached hydrogens (tertiary/aromatic N) is 6. The van der Waals surface area contributed by atoms with Gasteiger partial charge in [0.2, 0.25) is 0 Å². The van der Waals surface area contributed by atoms with Crippen molar-refractivity contribution in [3.05, 3.63) is 66.0 Å². The molecule has 166 valence electrons. The molecule has 4 rings (SSSR count). The minimum atomic E-state index is 0. The molecule has 2 aromatic carbocycles. The Morgan fingerprint density at radius 1 is 0.968 bits per heavy atom. The normalized spacial score (nSPS) is 15.4. The molecular weight excluding hydrogens is 412 g/mol. The summed E-state index contributed by atoms with van der Waals surface area (Å²) >= 11 is 0. The Labute approximate surface area is 190 Å². The van der Waals surface area contributed by atoms with E-state index in [0.717, 1.165) is 50.6 Å². The summed E-state index contributed by atoms with van der Waals surface area (Å²) in [5, 5.41) is 12.7. The second-order valence-electron chi connectivity index (χ2n) is 7.68. The van der Waals surface area contributed by atoms with Gasteiger partial charge in [0.15, 0.2) is 5.82 Å². The zero-order chi connectivity index (χ0) is 20.8. The lowest BCUT2D eigenvalue weighted by Crippen LogP contribution is -2.48. The van der Waals surface area contributed by atoms with Gasteiger partial charge in [0.05, 0.1) is 25.4 Å². The first-order chi connectivity index (χ1) is 14.8. The van der Waals surface area contributed by atoms with Gasteiger partial charge < -0.3 is 9.64 Å². The molecule has 0 aliphatic carbocycles. The fourth-order valence-corrected chi connectivity index (χ4v) is 4.23. The fourth-order valence-electron chi connectivity index (χ4n) is 4.23. The smallest absolute Gasteiger partial charge is 0.168 e. The van der Waals surface area contributed by atoms with Crippen molar-refractivity contribution in [3.8, 4) is 5.75 Å². The summed E-state index contributed by atoms with van der Waals surface area (Å²) in [6.45, 7) is 6.79. The molecule has 1 aromatic heterocycles. The van der Waals surface area contributed by atoms with Gasteiger partial charge in [-0.1, -0.05) is 55.8 Å². The summed E-state index contributed by atoms with van der Waals surface area (Å²) in [7, 11) is 1.74. The van der Waals surface area contributed by atoms with Gasteiger partial charge in [0.25, 0.3) is 0 Å². The van der Waals surface area contributed by atoms with Crippen molar-refractivity contribution in [3.63, 3.8) is 0 Å². The molecule has 0 bridgehead atoms. The number of anilines is 1. The van der Waals surface area contributed by atoms with Crippen molar-refractivity contribution in [2.24, 2.45) is 0 Å². The molecule has 1 atom stereocenters. The highest BCUT2D eigenvalue weighted by Gasteiger charge is 2.29. The van der Waals surface area contributed by atoms with Crippen LogP contribution in [0.1, 0.15) is 37.2 Å². The highest BCUT2D eigenvalue weighted by atomic mass is 35.5. The van der Waals surface area contributed by atoms with E-state index in [1.807, 2.05) is 22.9 Å². The predicted molar refractivity (Wildman–Crippen MR) is 125 cm³/mol. The van der Waals surface area contributed by atoms with E-state index in [1.165, 1.54) is 11.3 Å². The molecule has 8 heteroatoms. The lowest BCUT2D eigenvalue weighted by atomic mass is 10.1. The van der Waals surface area contributed by atoms with Crippen molar-refractivity contribution < 1.29 is 4.74 Å². The Morgan fingerprint density at radius 3 is 2.39 bits per heavy atom. The maximum atomic E-state index is 5.56. The zero-order valence-electron chi connectivity index (χ0n) is 18.2. The minimum Gasteiger partial charge on any atom is -0.495 e. The van der Waals surface area contributed by atoms with Crippen molar-refractivity contribution in [2.75, 3.05) is 38.2 Å². The molecule has 7 nitrogen and oxygen atoms in total.